The van der Waals surface area contributed by atoms with Gasteiger partial charge in [0.2, 0.25) is 10.5 Å². The quantitative estimate of drug-likeness (QED) is 0.558. The summed E-state index contributed by atoms with van der Waals surface area (Å²) in [7, 11) is 0.882. The Labute approximate surface area is 67.3 Å². The minimum atomic E-state index is -1.09. The van der Waals surface area contributed by atoms with Crippen molar-refractivity contribution in [3.8, 4) is 0 Å². The van der Waals surface area contributed by atoms with Crippen LogP contribution in [0.1, 0.15) is 12.8 Å². The van der Waals surface area contributed by atoms with Gasteiger partial charge in [-0.05, 0) is 25.6 Å². The molecule has 0 spiro atoms. The van der Waals surface area contributed by atoms with Gasteiger partial charge in [0.1, 0.15) is 0 Å². The number of rotatable bonds is 0. The Morgan fingerprint density at radius 2 is 1.90 bits per heavy atom. The zero-order chi connectivity index (χ0) is 8.04. The lowest BCUT2D eigenvalue weighted by Crippen LogP contribution is -2.33. The molecule has 1 saturated heterocycles. The molecule has 4 heteroatoms. The molecule has 1 aliphatic heterocycles. The molecule has 0 unspecified atom stereocenters. The lowest BCUT2D eigenvalue weighted by atomic mass is 10.4. The fourth-order valence-electron chi connectivity index (χ4n) is 1.07. The van der Waals surface area contributed by atoms with Gasteiger partial charge in [-0.1, -0.05) is 6.42 Å². The van der Waals surface area contributed by atoms with Gasteiger partial charge in [-0.2, -0.15) is 0 Å². The summed E-state index contributed by atoms with van der Waals surface area (Å²) in [6.07, 6.45) is 2.69. The van der Waals surface area contributed by atoms with Crippen LogP contribution in [0.4, 0.5) is 0 Å². The monoisotopic (exact) mass is 175 g/mol. The highest BCUT2D eigenvalue weighted by molar-refractivity contribution is 6.71. The van der Waals surface area contributed by atoms with E-state index >= 15 is 0 Å². The summed E-state index contributed by atoms with van der Waals surface area (Å²) >= 11 is 0. The smallest absolute Gasteiger partial charge is 0.240 e. The Bertz CT molecular complexity index is 77.8. The highest BCUT2D eigenvalue weighted by Crippen LogP contribution is 2.20. The second-order valence-electron chi connectivity index (χ2n) is 3.07. The lowest BCUT2D eigenvalue weighted by Gasteiger charge is -2.27. The summed E-state index contributed by atoms with van der Waals surface area (Å²) in [4.78, 5) is 6.81. The Kier molecular flexibility index (Phi) is 5.24. The van der Waals surface area contributed by atoms with Gasteiger partial charge in [0, 0.05) is 6.61 Å². The third kappa shape index (κ3) is 4.21. The van der Waals surface area contributed by atoms with E-state index < -0.39 is 8.32 Å². The molecule has 10 heavy (non-hydrogen) atoms. The molecule has 0 aromatic carbocycles. The predicted molar refractivity (Wildman–Crippen MR) is 45.4 cm³/mol. The van der Waals surface area contributed by atoms with Crippen molar-refractivity contribution in [3.05, 3.63) is 0 Å². The Balaban J connectivity index is 0.000000371. The van der Waals surface area contributed by atoms with Crippen molar-refractivity contribution in [2.75, 3.05) is 6.61 Å². The zero-order valence-electron chi connectivity index (χ0n) is 6.68. The molecule has 0 aromatic rings. The SMILES string of the molecule is C[Si]1(C)CCCCO1.O[Si]. The highest BCUT2D eigenvalue weighted by Gasteiger charge is 2.24. The summed E-state index contributed by atoms with van der Waals surface area (Å²) in [6, 6.07) is 1.37. The van der Waals surface area contributed by atoms with Crippen molar-refractivity contribution in [2.45, 2.75) is 32.0 Å². The first kappa shape index (κ1) is 10.4. The third-order valence-corrected chi connectivity index (χ3v) is 4.21. The fraction of sp³-hybridized carbons (Fsp3) is 1.00. The first-order valence-electron chi connectivity index (χ1n) is 3.57. The molecule has 0 saturated carbocycles. The van der Waals surface area contributed by atoms with Crippen molar-refractivity contribution in [1.82, 2.24) is 0 Å². The second kappa shape index (κ2) is 5.06. The molecule has 1 heterocycles. The van der Waals surface area contributed by atoms with Gasteiger partial charge in [-0.15, -0.1) is 0 Å². The molecule has 1 fully saturated rings. The fourth-order valence-corrected chi connectivity index (χ4v) is 3.02. The molecular weight excluding hydrogens is 160 g/mol. The Hall–Kier alpha value is 0.354. The maximum absolute atomic E-state index is 6.81. The van der Waals surface area contributed by atoms with Gasteiger partial charge in [0.05, 0.1) is 0 Å². The van der Waals surface area contributed by atoms with Crippen LogP contribution >= 0.6 is 0 Å². The van der Waals surface area contributed by atoms with Gasteiger partial charge in [-0.3, -0.25) is 0 Å². The normalized spacial score (nSPS) is 22.8. The van der Waals surface area contributed by atoms with E-state index in [0.717, 1.165) is 6.61 Å². The van der Waals surface area contributed by atoms with Crippen LogP contribution in [0.25, 0.3) is 0 Å². The molecule has 1 rings (SSSR count). The van der Waals surface area contributed by atoms with Crippen molar-refractivity contribution in [3.63, 3.8) is 0 Å². The van der Waals surface area contributed by atoms with Gasteiger partial charge in [0.15, 0.2) is 8.32 Å². The Morgan fingerprint density at radius 3 is 2.10 bits per heavy atom. The van der Waals surface area contributed by atoms with E-state index in [9.17, 15) is 0 Å². The van der Waals surface area contributed by atoms with Crippen molar-refractivity contribution in [2.24, 2.45) is 0 Å². The molecule has 0 aromatic heterocycles. The highest BCUT2D eigenvalue weighted by atomic mass is 28.4. The van der Waals surface area contributed by atoms with Crippen LogP contribution in [-0.2, 0) is 4.43 Å². The summed E-state index contributed by atoms with van der Waals surface area (Å²) in [6.45, 7) is 5.62. The molecule has 3 radical (unpaired) electrons. The van der Waals surface area contributed by atoms with Gasteiger partial charge in [0.25, 0.3) is 0 Å². The third-order valence-electron chi connectivity index (χ3n) is 1.67. The van der Waals surface area contributed by atoms with E-state index in [0.29, 0.717) is 0 Å². The van der Waals surface area contributed by atoms with Crippen molar-refractivity contribution >= 4 is 18.8 Å². The molecule has 0 aliphatic carbocycles. The van der Waals surface area contributed by atoms with E-state index in [4.69, 9.17) is 9.22 Å². The van der Waals surface area contributed by atoms with Crippen LogP contribution in [0, 0.1) is 0 Å². The van der Waals surface area contributed by atoms with Crippen LogP contribution in [0.5, 0.6) is 0 Å². The van der Waals surface area contributed by atoms with Crippen LogP contribution in [-0.4, -0.2) is 30.2 Å². The van der Waals surface area contributed by atoms with E-state index in [1.165, 1.54) is 18.9 Å². The second-order valence-corrected chi connectivity index (χ2v) is 7.37. The minimum absolute atomic E-state index is 1.03. The molecule has 2 nitrogen and oxygen atoms in total. The van der Waals surface area contributed by atoms with Gasteiger partial charge >= 0.3 is 0 Å². The lowest BCUT2D eigenvalue weighted by molar-refractivity contribution is 0.275. The molecule has 0 amide bonds. The Morgan fingerprint density at radius 1 is 1.30 bits per heavy atom. The topological polar surface area (TPSA) is 29.5 Å². The van der Waals surface area contributed by atoms with Crippen LogP contribution < -0.4 is 0 Å². The van der Waals surface area contributed by atoms with Crippen molar-refractivity contribution in [1.29, 1.82) is 0 Å². The molecule has 1 N–H and O–H groups in total. The van der Waals surface area contributed by atoms with E-state index in [1.807, 2.05) is 10.5 Å². The maximum atomic E-state index is 6.81. The molecule has 59 valence electrons. The van der Waals surface area contributed by atoms with Crippen LogP contribution in [0.15, 0.2) is 0 Å². The van der Waals surface area contributed by atoms with Gasteiger partial charge in [-0.25, -0.2) is 0 Å². The average molecular weight is 175 g/mol. The van der Waals surface area contributed by atoms with E-state index in [1.54, 1.807) is 0 Å². The first-order valence-corrected chi connectivity index (χ1v) is 7.13. The summed E-state index contributed by atoms with van der Waals surface area (Å²) in [5.41, 5.74) is 0. The number of hydrogen-bond acceptors (Lipinski definition) is 2. The summed E-state index contributed by atoms with van der Waals surface area (Å²) < 4.78 is 5.60. The summed E-state index contributed by atoms with van der Waals surface area (Å²) in [5.74, 6) is 0. The maximum Gasteiger partial charge on any atom is 0.240 e. The minimum Gasteiger partial charge on any atom is -0.433 e. The standard InChI is InChI=1S/C6H14OSi.HOSi/c1-8(2)6-4-3-5-7-8;1-2/h3-6H2,1-2H3;1H. The largest absolute Gasteiger partial charge is 0.433 e. The predicted octanol–water partition coefficient (Wildman–Crippen LogP) is 1.06. The van der Waals surface area contributed by atoms with E-state index in [2.05, 4.69) is 13.1 Å². The van der Waals surface area contributed by atoms with Crippen molar-refractivity contribution < 1.29 is 9.22 Å². The molecule has 0 atom stereocenters. The molecule has 0 bridgehead atoms. The number of hydrogen-bond donors (Lipinski definition) is 1. The molecule has 1 aliphatic rings. The van der Waals surface area contributed by atoms with Gasteiger partial charge < -0.3 is 9.22 Å². The van der Waals surface area contributed by atoms with E-state index in [-0.39, 0.29) is 0 Å². The summed E-state index contributed by atoms with van der Waals surface area (Å²) in [5, 5.41) is 0. The first-order chi connectivity index (χ1) is 4.71. The van der Waals surface area contributed by atoms with Crippen LogP contribution in [0.2, 0.25) is 19.1 Å². The average Bonchev–Trinajstić information content (AvgIpc) is 1.92. The molecular formula is C6H15O2Si2. The zero-order valence-corrected chi connectivity index (χ0v) is 8.68. The van der Waals surface area contributed by atoms with Crippen LogP contribution in [0.3, 0.4) is 0 Å².